The summed E-state index contributed by atoms with van der Waals surface area (Å²) < 4.78 is 1.99. The molecule has 2 fully saturated rings. The maximum absolute atomic E-state index is 12.8. The summed E-state index contributed by atoms with van der Waals surface area (Å²) in [5, 5.41) is 4.29. The van der Waals surface area contributed by atoms with Gasteiger partial charge in [-0.15, -0.1) is 0 Å². The van der Waals surface area contributed by atoms with Gasteiger partial charge in [-0.1, -0.05) is 18.2 Å². The summed E-state index contributed by atoms with van der Waals surface area (Å²) in [4.78, 5) is 19.4. The van der Waals surface area contributed by atoms with Crippen LogP contribution in [0.3, 0.4) is 0 Å². The summed E-state index contributed by atoms with van der Waals surface area (Å²) in [5.74, 6) is 0.256. The van der Waals surface area contributed by atoms with Gasteiger partial charge in [0.15, 0.2) is 0 Å². The van der Waals surface area contributed by atoms with Crippen molar-refractivity contribution in [2.75, 3.05) is 44.2 Å². The van der Waals surface area contributed by atoms with Crippen LogP contribution >= 0.6 is 0 Å². The summed E-state index contributed by atoms with van der Waals surface area (Å²) in [5.41, 5.74) is 1.24. The number of carbonyl (C=O) groups is 1. The largest absolute Gasteiger partial charge is 0.368 e. The van der Waals surface area contributed by atoms with E-state index < -0.39 is 0 Å². The highest BCUT2D eigenvalue weighted by Gasteiger charge is 2.36. The first-order chi connectivity index (χ1) is 12.2. The van der Waals surface area contributed by atoms with Gasteiger partial charge >= 0.3 is 0 Å². The molecule has 2 aromatic rings. The fraction of sp³-hybridized carbons (Fsp3) is 0.474. The third-order valence-corrected chi connectivity index (χ3v) is 5.41. The Kier molecular flexibility index (Phi) is 4.44. The van der Waals surface area contributed by atoms with Crippen molar-refractivity contribution in [3.63, 3.8) is 0 Å². The zero-order valence-electron chi connectivity index (χ0n) is 14.7. The predicted molar refractivity (Wildman–Crippen MR) is 97.5 cm³/mol. The Hall–Kier alpha value is -2.34. The van der Waals surface area contributed by atoms with Crippen LogP contribution < -0.4 is 4.90 Å². The van der Waals surface area contributed by atoms with E-state index in [0.717, 1.165) is 39.3 Å². The third kappa shape index (κ3) is 3.26. The van der Waals surface area contributed by atoms with Crippen LogP contribution in [0.15, 0.2) is 48.8 Å². The van der Waals surface area contributed by atoms with Crippen molar-refractivity contribution in [2.45, 2.75) is 19.0 Å². The quantitative estimate of drug-likeness (QED) is 0.846. The first-order valence-electron chi connectivity index (χ1n) is 9.04. The molecule has 0 saturated carbocycles. The van der Waals surface area contributed by atoms with E-state index in [4.69, 9.17) is 0 Å². The maximum Gasteiger partial charge on any atom is 0.239 e. The van der Waals surface area contributed by atoms with Crippen molar-refractivity contribution >= 4 is 11.6 Å². The van der Waals surface area contributed by atoms with Crippen molar-refractivity contribution in [3.8, 4) is 0 Å². The van der Waals surface area contributed by atoms with E-state index in [1.54, 1.807) is 0 Å². The number of piperazine rings is 1. The van der Waals surface area contributed by atoms with Crippen LogP contribution in [0.1, 0.15) is 13.0 Å². The standard InChI is InChI=1S/C19H25N5O/c1-16(23-14-18(15-23)24-9-5-8-20-24)19(25)22-12-10-21(11-13-22)17-6-3-2-4-7-17/h2-9,16,18H,10-15H2,1H3/t16-/m0/s1. The van der Waals surface area contributed by atoms with Gasteiger partial charge in [0.1, 0.15) is 0 Å². The first kappa shape index (κ1) is 16.1. The molecule has 6 nitrogen and oxygen atoms in total. The van der Waals surface area contributed by atoms with Crippen molar-refractivity contribution in [2.24, 2.45) is 0 Å². The molecule has 1 amide bonds. The Morgan fingerprint density at radius 2 is 1.80 bits per heavy atom. The number of aromatic nitrogens is 2. The summed E-state index contributed by atoms with van der Waals surface area (Å²) in [7, 11) is 0. The molecule has 0 aliphatic carbocycles. The van der Waals surface area contributed by atoms with E-state index in [9.17, 15) is 4.79 Å². The van der Waals surface area contributed by atoms with E-state index >= 15 is 0 Å². The maximum atomic E-state index is 12.8. The van der Waals surface area contributed by atoms with Gasteiger partial charge in [-0.05, 0) is 25.1 Å². The molecule has 3 heterocycles. The molecule has 6 heteroatoms. The Morgan fingerprint density at radius 3 is 2.44 bits per heavy atom. The molecule has 132 valence electrons. The smallest absolute Gasteiger partial charge is 0.239 e. The highest BCUT2D eigenvalue weighted by Crippen LogP contribution is 2.24. The zero-order valence-corrected chi connectivity index (χ0v) is 14.7. The highest BCUT2D eigenvalue weighted by molar-refractivity contribution is 5.82. The second-order valence-corrected chi connectivity index (χ2v) is 6.92. The van der Waals surface area contributed by atoms with Crippen LogP contribution in [0.2, 0.25) is 0 Å². The number of benzene rings is 1. The molecule has 1 aromatic heterocycles. The second-order valence-electron chi connectivity index (χ2n) is 6.92. The minimum Gasteiger partial charge on any atom is -0.368 e. The molecule has 0 unspecified atom stereocenters. The molecule has 0 radical (unpaired) electrons. The Bertz CT molecular complexity index is 688. The second kappa shape index (κ2) is 6.88. The fourth-order valence-electron chi connectivity index (χ4n) is 3.71. The van der Waals surface area contributed by atoms with E-state index in [2.05, 4.69) is 39.2 Å². The molecule has 25 heavy (non-hydrogen) atoms. The van der Waals surface area contributed by atoms with Gasteiger partial charge in [-0.2, -0.15) is 5.10 Å². The monoisotopic (exact) mass is 339 g/mol. The van der Waals surface area contributed by atoms with Crippen LogP contribution in [0.5, 0.6) is 0 Å². The van der Waals surface area contributed by atoms with Crippen molar-refractivity contribution in [1.82, 2.24) is 19.6 Å². The molecule has 2 saturated heterocycles. The molecular formula is C19H25N5O. The topological polar surface area (TPSA) is 44.6 Å². The molecular weight excluding hydrogens is 314 g/mol. The molecule has 1 atom stereocenters. The number of carbonyl (C=O) groups excluding carboxylic acids is 1. The van der Waals surface area contributed by atoms with Crippen LogP contribution in [0.4, 0.5) is 5.69 Å². The number of hydrogen-bond acceptors (Lipinski definition) is 4. The van der Waals surface area contributed by atoms with Gasteiger partial charge in [0, 0.05) is 57.3 Å². The number of rotatable bonds is 4. The Balaban J connectivity index is 1.28. The number of nitrogens with zero attached hydrogens (tertiary/aromatic N) is 5. The first-order valence-corrected chi connectivity index (χ1v) is 9.04. The minimum absolute atomic E-state index is 0.0462. The minimum atomic E-state index is -0.0462. The lowest BCUT2D eigenvalue weighted by Crippen LogP contribution is -2.59. The number of anilines is 1. The van der Waals surface area contributed by atoms with Crippen molar-refractivity contribution < 1.29 is 4.79 Å². The lowest BCUT2D eigenvalue weighted by Gasteiger charge is -2.44. The summed E-state index contributed by atoms with van der Waals surface area (Å²) in [6, 6.07) is 12.7. The number of amides is 1. The lowest BCUT2D eigenvalue weighted by molar-refractivity contribution is -0.139. The molecule has 1 aromatic carbocycles. The zero-order chi connectivity index (χ0) is 17.2. The number of para-hydroxylation sites is 1. The summed E-state index contributed by atoms with van der Waals surface area (Å²) >= 11 is 0. The van der Waals surface area contributed by atoms with E-state index in [1.165, 1.54) is 5.69 Å². The number of hydrogen-bond donors (Lipinski definition) is 0. The van der Waals surface area contributed by atoms with Crippen LogP contribution in [0, 0.1) is 0 Å². The van der Waals surface area contributed by atoms with E-state index in [0.29, 0.717) is 6.04 Å². The van der Waals surface area contributed by atoms with E-state index in [1.807, 2.05) is 41.0 Å². The van der Waals surface area contributed by atoms with Gasteiger partial charge in [-0.25, -0.2) is 0 Å². The average molecular weight is 339 g/mol. The molecule has 4 rings (SSSR count). The van der Waals surface area contributed by atoms with Gasteiger partial charge < -0.3 is 9.80 Å². The number of likely N-dealkylation sites (tertiary alicyclic amines) is 1. The normalized spacial score (nSPS) is 20.4. The molecule has 0 bridgehead atoms. The van der Waals surface area contributed by atoms with Gasteiger partial charge in [0.05, 0.1) is 12.1 Å². The fourth-order valence-corrected chi connectivity index (χ4v) is 3.71. The SMILES string of the molecule is C[C@@H](C(=O)N1CCN(c2ccccc2)CC1)N1CC(n2cccn2)C1. The lowest BCUT2D eigenvalue weighted by atomic mass is 10.1. The van der Waals surface area contributed by atoms with Gasteiger partial charge in [0.25, 0.3) is 0 Å². The van der Waals surface area contributed by atoms with Crippen molar-refractivity contribution in [3.05, 3.63) is 48.8 Å². The molecule has 2 aliphatic heterocycles. The summed E-state index contributed by atoms with van der Waals surface area (Å²) in [6.07, 6.45) is 3.81. The third-order valence-electron chi connectivity index (χ3n) is 5.41. The van der Waals surface area contributed by atoms with E-state index in [-0.39, 0.29) is 11.9 Å². The molecule has 0 N–H and O–H groups in total. The van der Waals surface area contributed by atoms with Crippen LogP contribution in [-0.2, 0) is 4.79 Å². The Morgan fingerprint density at radius 1 is 1.08 bits per heavy atom. The summed E-state index contributed by atoms with van der Waals surface area (Å²) in [6.45, 7) is 7.24. The van der Waals surface area contributed by atoms with Crippen molar-refractivity contribution in [1.29, 1.82) is 0 Å². The highest BCUT2D eigenvalue weighted by atomic mass is 16.2. The predicted octanol–water partition coefficient (Wildman–Crippen LogP) is 1.48. The Labute approximate surface area is 148 Å². The van der Waals surface area contributed by atoms with Crippen LogP contribution in [-0.4, -0.2) is 70.8 Å². The van der Waals surface area contributed by atoms with Gasteiger partial charge in [-0.3, -0.25) is 14.4 Å². The van der Waals surface area contributed by atoms with Crippen LogP contribution in [0.25, 0.3) is 0 Å². The van der Waals surface area contributed by atoms with Gasteiger partial charge in [0.2, 0.25) is 5.91 Å². The average Bonchev–Trinajstić information content (AvgIpc) is 3.15. The molecule has 2 aliphatic rings. The molecule has 0 spiro atoms.